The molecular weight excluding hydrogens is 562 g/mol. The Kier molecular flexibility index (Phi) is 13.3. The van der Waals surface area contributed by atoms with E-state index in [1.807, 2.05) is 84.9 Å². The summed E-state index contributed by atoms with van der Waals surface area (Å²) in [5.41, 5.74) is 14.2. The maximum Gasteiger partial charge on any atom is 0.407 e. The van der Waals surface area contributed by atoms with Crippen LogP contribution < -0.4 is 22.1 Å². The third-order valence-electron chi connectivity index (χ3n) is 6.56. The van der Waals surface area contributed by atoms with Crippen LogP contribution in [0.25, 0.3) is 10.9 Å². The summed E-state index contributed by atoms with van der Waals surface area (Å²) < 4.78 is 5.10. The van der Waals surface area contributed by atoms with Crippen molar-refractivity contribution in [3.8, 4) is 0 Å². The number of ether oxygens (including phenoxy) is 1. The fourth-order valence-electron chi connectivity index (χ4n) is 4.12. The first-order valence-electron chi connectivity index (χ1n) is 14.1. The summed E-state index contributed by atoms with van der Waals surface area (Å²) in [5, 5.41) is 15.4. The number of nitrogens with two attached hydrogens (primary N) is 2. The summed E-state index contributed by atoms with van der Waals surface area (Å²) in [6.07, 6.45) is 2.50. The zero-order valence-corrected chi connectivity index (χ0v) is 24.2. The predicted molar refractivity (Wildman–Crippen MR) is 166 cm³/mol. The van der Waals surface area contributed by atoms with Gasteiger partial charge in [-0.3, -0.25) is 14.6 Å². The number of carbonyl (C=O) groups excluding carboxylic acids is 3. The molecule has 11 heteroatoms. The highest BCUT2D eigenvalue weighted by atomic mass is 16.5. The van der Waals surface area contributed by atoms with Gasteiger partial charge in [0.2, 0.25) is 11.8 Å². The highest BCUT2D eigenvalue weighted by Gasteiger charge is 2.23. The minimum absolute atomic E-state index is 0.175. The van der Waals surface area contributed by atoms with Gasteiger partial charge in [-0.1, -0.05) is 78.9 Å². The van der Waals surface area contributed by atoms with E-state index in [-0.39, 0.29) is 13.0 Å². The Labute approximate surface area is 255 Å². The number of carboxylic acids is 1. The molecular formula is C33H37N5O6. The Balaban J connectivity index is 0.000000335. The smallest absolute Gasteiger partial charge is 0.407 e. The Bertz CT molecular complexity index is 1520. The van der Waals surface area contributed by atoms with E-state index in [0.29, 0.717) is 31.4 Å². The van der Waals surface area contributed by atoms with Crippen molar-refractivity contribution in [3.63, 3.8) is 0 Å². The topological polar surface area (TPSA) is 187 Å². The lowest BCUT2D eigenvalue weighted by Crippen LogP contribution is -2.48. The molecule has 0 radical (unpaired) electrons. The van der Waals surface area contributed by atoms with Crippen molar-refractivity contribution < 1.29 is 29.0 Å². The van der Waals surface area contributed by atoms with E-state index in [1.54, 1.807) is 6.07 Å². The van der Waals surface area contributed by atoms with Crippen molar-refractivity contribution in [2.24, 2.45) is 11.5 Å². The van der Waals surface area contributed by atoms with Crippen molar-refractivity contribution >= 4 is 34.8 Å². The number of pyridine rings is 1. The van der Waals surface area contributed by atoms with E-state index < -0.39 is 36.0 Å². The van der Waals surface area contributed by atoms with Crippen LogP contribution in [0.5, 0.6) is 0 Å². The number of carbonyl (C=O) groups is 4. The van der Waals surface area contributed by atoms with Gasteiger partial charge < -0.3 is 31.9 Å². The zero-order chi connectivity index (χ0) is 31.7. The average Bonchev–Trinajstić information content (AvgIpc) is 3.04. The van der Waals surface area contributed by atoms with E-state index >= 15 is 0 Å². The molecule has 11 nitrogen and oxygen atoms in total. The fourth-order valence-corrected chi connectivity index (χ4v) is 4.12. The molecule has 7 N–H and O–H groups in total. The Morgan fingerprint density at radius 1 is 0.864 bits per heavy atom. The van der Waals surface area contributed by atoms with Crippen LogP contribution in [-0.2, 0) is 27.4 Å². The van der Waals surface area contributed by atoms with Gasteiger partial charge in [0, 0.05) is 18.1 Å². The molecule has 1 heterocycles. The maximum absolute atomic E-state index is 12.2. The Hall–Kier alpha value is -5.29. The lowest BCUT2D eigenvalue weighted by Gasteiger charge is -2.18. The largest absolute Gasteiger partial charge is 0.480 e. The standard InChI is InChI=1S/C23H29N3O5.C10H8N2O/c24-19(12-7-15-25-23(30)31-16-18-10-5-2-6-11-18)21(27)26-20(22(28)29)14-13-17-8-3-1-4-9-17;11-10(13)8-5-7-3-1-2-4-9(7)12-6-8/h1-6,8-11,19-20H,7,12-16,24H2,(H,25,30)(H,26,27)(H,28,29);1-6H,(H2,11,13)/t19-,20+;/m0./s1. The molecule has 0 saturated carbocycles. The number of primary amides is 1. The quantitative estimate of drug-likeness (QED) is 0.144. The van der Waals surface area contributed by atoms with E-state index in [4.69, 9.17) is 16.2 Å². The molecule has 44 heavy (non-hydrogen) atoms. The number of hydrogen-bond donors (Lipinski definition) is 5. The molecule has 0 unspecified atom stereocenters. The number of nitrogens with zero attached hydrogens (tertiary/aromatic N) is 1. The van der Waals surface area contributed by atoms with Gasteiger partial charge in [-0.2, -0.15) is 0 Å². The highest BCUT2D eigenvalue weighted by molar-refractivity contribution is 5.96. The fraction of sp³-hybridized carbons (Fsp3) is 0.242. The molecule has 2 atom stereocenters. The van der Waals surface area contributed by atoms with E-state index in [1.165, 1.54) is 6.20 Å². The summed E-state index contributed by atoms with van der Waals surface area (Å²) in [4.78, 5) is 50.3. The highest BCUT2D eigenvalue weighted by Crippen LogP contribution is 2.12. The molecule has 4 rings (SSSR count). The minimum Gasteiger partial charge on any atom is -0.480 e. The monoisotopic (exact) mass is 599 g/mol. The van der Waals surface area contributed by atoms with Crippen LogP contribution in [0.4, 0.5) is 4.79 Å². The molecule has 230 valence electrons. The number of nitrogens with one attached hydrogen (secondary N) is 2. The molecule has 0 fully saturated rings. The number of amides is 3. The molecule has 3 aromatic carbocycles. The number of hydrogen-bond acceptors (Lipinski definition) is 7. The van der Waals surface area contributed by atoms with Crippen molar-refractivity contribution in [2.75, 3.05) is 6.54 Å². The van der Waals surface area contributed by atoms with Crippen molar-refractivity contribution in [1.29, 1.82) is 0 Å². The molecule has 0 aliphatic carbocycles. The second-order valence-corrected chi connectivity index (χ2v) is 9.94. The number of aromatic nitrogens is 1. The molecule has 0 aliphatic rings. The Morgan fingerprint density at radius 3 is 2.16 bits per heavy atom. The van der Waals surface area contributed by atoms with E-state index in [2.05, 4.69) is 15.6 Å². The molecule has 1 aromatic heterocycles. The van der Waals surface area contributed by atoms with Crippen molar-refractivity contribution in [1.82, 2.24) is 15.6 Å². The van der Waals surface area contributed by atoms with Crippen LogP contribution >= 0.6 is 0 Å². The van der Waals surface area contributed by atoms with Crippen LogP contribution in [0.1, 0.15) is 40.7 Å². The number of fused-ring (bicyclic) bond motifs is 1. The summed E-state index contributed by atoms with van der Waals surface area (Å²) in [6.45, 7) is 0.471. The average molecular weight is 600 g/mol. The van der Waals surface area contributed by atoms with Gasteiger partial charge in [-0.15, -0.1) is 0 Å². The van der Waals surface area contributed by atoms with Crippen LogP contribution in [0.2, 0.25) is 0 Å². The maximum atomic E-state index is 12.2. The van der Waals surface area contributed by atoms with Gasteiger partial charge in [0.05, 0.1) is 17.1 Å². The number of benzene rings is 3. The molecule has 3 amide bonds. The first-order valence-corrected chi connectivity index (χ1v) is 14.1. The summed E-state index contributed by atoms with van der Waals surface area (Å²) in [5.74, 6) is -2.07. The van der Waals surface area contributed by atoms with Crippen LogP contribution in [-0.4, -0.2) is 52.6 Å². The van der Waals surface area contributed by atoms with Crippen molar-refractivity contribution in [2.45, 2.75) is 44.4 Å². The summed E-state index contributed by atoms with van der Waals surface area (Å²) in [6, 6.07) is 26.2. The van der Waals surface area contributed by atoms with Crippen molar-refractivity contribution in [3.05, 3.63) is 114 Å². The normalized spacial score (nSPS) is 11.8. The predicted octanol–water partition coefficient (Wildman–Crippen LogP) is 3.56. The van der Waals surface area contributed by atoms with Gasteiger partial charge in [-0.05, 0) is 48.9 Å². The number of alkyl carbamates (subject to hydrolysis) is 1. The zero-order valence-electron chi connectivity index (χ0n) is 24.2. The van der Waals surface area contributed by atoms with Gasteiger partial charge in [0.15, 0.2) is 0 Å². The van der Waals surface area contributed by atoms with Crippen LogP contribution in [0.3, 0.4) is 0 Å². The Morgan fingerprint density at radius 2 is 1.50 bits per heavy atom. The second-order valence-electron chi connectivity index (χ2n) is 9.94. The first-order chi connectivity index (χ1) is 21.2. The molecule has 4 aromatic rings. The van der Waals surface area contributed by atoms with Gasteiger partial charge >= 0.3 is 12.1 Å². The lowest BCUT2D eigenvalue weighted by molar-refractivity contribution is -0.142. The summed E-state index contributed by atoms with van der Waals surface area (Å²) in [7, 11) is 0. The van der Waals surface area contributed by atoms with Gasteiger partial charge in [0.1, 0.15) is 12.6 Å². The third-order valence-corrected chi connectivity index (χ3v) is 6.56. The number of aliphatic carboxylic acids is 1. The summed E-state index contributed by atoms with van der Waals surface area (Å²) >= 11 is 0. The number of aryl methyl sites for hydroxylation is 1. The number of rotatable bonds is 13. The number of carboxylic acid groups (broad SMARTS) is 1. The van der Waals surface area contributed by atoms with E-state index in [0.717, 1.165) is 22.0 Å². The SMILES string of the molecule is NC(=O)c1cnc2ccccc2c1.N[C@@H](CCCNC(=O)OCc1ccccc1)C(=O)N[C@H](CCc1ccccc1)C(=O)O. The van der Waals surface area contributed by atoms with Crippen LogP contribution in [0.15, 0.2) is 97.2 Å². The molecule has 0 saturated heterocycles. The molecule has 0 aliphatic heterocycles. The van der Waals surface area contributed by atoms with Gasteiger partial charge in [-0.25, -0.2) is 9.59 Å². The van der Waals surface area contributed by atoms with Gasteiger partial charge in [0.25, 0.3) is 0 Å². The molecule has 0 bridgehead atoms. The number of para-hydroxylation sites is 1. The van der Waals surface area contributed by atoms with Crippen LogP contribution in [0, 0.1) is 0 Å². The first kappa shape index (κ1) is 33.2. The lowest BCUT2D eigenvalue weighted by atomic mass is 10.0. The molecule has 0 spiro atoms. The minimum atomic E-state index is -1.10. The van der Waals surface area contributed by atoms with E-state index in [9.17, 15) is 24.3 Å². The third kappa shape index (κ3) is 11.5. The second kappa shape index (κ2) is 17.6.